The SMILES string of the molecule is Cc1nnc(COc2ccc(NC(=O)[C@@H]3C[C@@H]3c3ccccc3)cc2)o1. The van der Waals surface area contributed by atoms with E-state index in [9.17, 15) is 4.79 Å². The number of carbonyl (C=O) groups is 1. The van der Waals surface area contributed by atoms with Crippen LogP contribution in [0.2, 0.25) is 0 Å². The minimum atomic E-state index is 0.0501. The molecule has 6 heteroatoms. The molecule has 132 valence electrons. The zero-order valence-electron chi connectivity index (χ0n) is 14.4. The van der Waals surface area contributed by atoms with E-state index in [1.165, 1.54) is 5.56 Å². The zero-order valence-corrected chi connectivity index (χ0v) is 14.4. The highest BCUT2D eigenvalue weighted by atomic mass is 16.5. The van der Waals surface area contributed by atoms with E-state index in [0.717, 1.165) is 12.1 Å². The summed E-state index contributed by atoms with van der Waals surface area (Å²) in [6.45, 7) is 1.95. The maximum absolute atomic E-state index is 12.4. The molecular weight excluding hydrogens is 330 g/mol. The van der Waals surface area contributed by atoms with E-state index in [0.29, 0.717) is 23.4 Å². The number of nitrogens with zero attached hydrogens (tertiary/aromatic N) is 2. The van der Waals surface area contributed by atoms with Crippen molar-refractivity contribution in [3.8, 4) is 5.75 Å². The van der Waals surface area contributed by atoms with Crippen molar-refractivity contribution in [3.05, 3.63) is 71.9 Å². The molecule has 1 heterocycles. The van der Waals surface area contributed by atoms with Crippen molar-refractivity contribution in [2.24, 2.45) is 5.92 Å². The van der Waals surface area contributed by atoms with Crippen molar-refractivity contribution in [1.82, 2.24) is 10.2 Å². The smallest absolute Gasteiger partial charge is 0.253 e. The van der Waals surface area contributed by atoms with Gasteiger partial charge in [-0.3, -0.25) is 4.79 Å². The summed E-state index contributed by atoms with van der Waals surface area (Å²) in [5, 5.41) is 10.6. The minimum Gasteiger partial charge on any atom is -0.484 e. The van der Waals surface area contributed by atoms with Crippen molar-refractivity contribution in [1.29, 1.82) is 0 Å². The third kappa shape index (κ3) is 3.74. The number of ether oxygens (including phenoxy) is 1. The first-order valence-corrected chi connectivity index (χ1v) is 8.57. The highest BCUT2D eigenvalue weighted by Crippen LogP contribution is 2.47. The number of hydrogen-bond donors (Lipinski definition) is 1. The Kier molecular flexibility index (Phi) is 4.39. The van der Waals surface area contributed by atoms with Crippen LogP contribution in [-0.2, 0) is 11.4 Å². The predicted octanol–water partition coefficient (Wildman–Crippen LogP) is 3.70. The number of nitrogens with one attached hydrogen (secondary N) is 1. The molecule has 6 nitrogen and oxygen atoms in total. The molecule has 1 fully saturated rings. The number of amides is 1. The van der Waals surface area contributed by atoms with Gasteiger partial charge in [-0.25, -0.2) is 0 Å². The van der Waals surface area contributed by atoms with Gasteiger partial charge in [0, 0.05) is 18.5 Å². The predicted molar refractivity (Wildman–Crippen MR) is 95.7 cm³/mol. The molecule has 1 aliphatic carbocycles. The lowest BCUT2D eigenvalue weighted by Crippen LogP contribution is -2.14. The van der Waals surface area contributed by atoms with Crippen molar-refractivity contribution < 1.29 is 13.9 Å². The molecule has 2 aromatic carbocycles. The van der Waals surface area contributed by atoms with Crippen LogP contribution < -0.4 is 10.1 Å². The van der Waals surface area contributed by atoms with Gasteiger partial charge < -0.3 is 14.5 Å². The highest BCUT2D eigenvalue weighted by molar-refractivity contribution is 5.95. The summed E-state index contributed by atoms with van der Waals surface area (Å²) in [5.74, 6) is 2.06. The molecule has 1 aromatic heterocycles. The lowest BCUT2D eigenvalue weighted by Gasteiger charge is -2.07. The molecule has 1 saturated carbocycles. The molecule has 0 bridgehead atoms. The van der Waals surface area contributed by atoms with Crippen LogP contribution in [0.5, 0.6) is 5.75 Å². The van der Waals surface area contributed by atoms with E-state index < -0.39 is 0 Å². The van der Waals surface area contributed by atoms with E-state index in [1.807, 2.05) is 30.3 Å². The fraction of sp³-hybridized carbons (Fsp3) is 0.250. The first-order valence-electron chi connectivity index (χ1n) is 8.57. The molecule has 0 saturated heterocycles. The van der Waals surface area contributed by atoms with Gasteiger partial charge in [0.15, 0.2) is 6.61 Å². The number of benzene rings is 2. The first-order chi connectivity index (χ1) is 12.7. The van der Waals surface area contributed by atoms with Crippen LogP contribution in [-0.4, -0.2) is 16.1 Å². The number of aromatic nitrogens is 2. The van der Waals surface area contributed by atoms with E-state index >= 15 is 0 Å². The monoisotopic (exact) mass is 349 g/mol. The summed E-state index contributed by atoms with van der Waals surface area (Å²) in [6.07, 6.45) is 0.903. The molecule has 1 N–H and O–H groups in total. The molecule has 0 unspecified atom stereocenters. The molecule has 1 aliphatic rings. The summed E-state index contributed by atoms with van der Waals surface area (Å²) in [7, 11) is 0. The van der Waals surface area contributed by atoms with Crippen LogP contribution in [0, 0.1) is 12.8 Å². The summed E-state index contributed by atoms with van der Waals surface area (Å²) in [5.41, 5.74) is 1.99. The van der Waals surface area contributed by atoms with Crippen molar-refractivity contribution in [3.63, 3.8) is 0 Å². The molecular formula is C20H19N3O3. The van der Waals surface area contributed by atoms with E-state index in [1.54, 1.807) is 19.1 Å². The van der Waals surface area contributed by atoms with Gasteiger partial charge in [-0.15, -0.1) is 10.2 Å². The van der Waals surface area contributed by atoms with Crippen LogP contribution in [0.15, 0.2) is 59.0 Å². The van der Waals surface area contributed by atoms with Gasteiger partial charge in [0.25, 0.3) is 5.89 Å². The molecule has 3 aromatic rings. The van der Waals surface area contributed by atoms with E-state index in [-0.39, 0.29) is 18.4 Å². The molecule has 0 aliphatic heterocycles. The molecule has 1 amide bonds. The number of anilines is 1. The Hall–Kier alpha value is -3.15. The number of rotatable bonds is 6. The summed E-state index contributed by atoms with van der Waals surface area (Å²) in [4.78, 5) is 12.4. The molecule has 0 radical (unpaired) electrons. The topological polar surface area (TPSA) is 77.3 Å². The number of hydrogen-bond acceptors (Lipinski definition) is 5. The van der Waals surface area contributed by atoms with Gasteiger partial charge in [0.05, 0.1) is 0 Å². The van der Waals surface area contributed by atoms with Gasteiger partial charge in [-0.2, -0.15) is 0 Å². The second kappa shape index (κ2) is 7.00. The Balaban J connectivity index is 1.29. The van der Waals surface area contributed by atoms with Crippen molar-refractivity contribution in [2.75, 3.05) is 5.32 Å². The van der Waals surface area contributed by atoms with Crippen LogP contribution in [0.25, 0.3) is 0 Å². The van der Waals surface area contributed by atoms with Crippen LogP contribution in [0.3, 0.4) is 0 Å². The van der Waals surface area contributed by atoms with Crippen LogP contribution >= 0.6 is 0 Å². The van der Waals surface area contributed by atoms with Crippen LogP contribution in [0.4, 0.5) is 5.69 Å². The van der Waals surface area contributed by atoms with Crippen molar-refractivity contribution in [2.45, 2.75) is 25.9 Å². The largest absolute Gasteiger partial charge is 0.484 e. The van der Waals surface area contributed by atoms with E-state index in [4.69, 9.17) is 9.15 Å². The summed E-state index contributed by atoms with van der Waals surface area (Å²) >= 11 is 0. The average molecular weight is 349 g/mol. The molecule has 4 rings (SSSR count). The minimum absolute atomic E-state index is 0.0501. The zero-order chi connectivity index (χ0) is 17.9. The number of carbonyl (C=O) groups excluding carboxylic acids is 1. The van der Waals surface area contributed by atoms with Crippen molar-refractivity contribution >= 4 is 11.6 Å². The Bertz CT molecular complexity index is 890. The quantitative estimate of drug-likeness (QED) is 0.734. The lowest BCUT2D eigenvalue weighted by molar-refractivity contribution is -0.117. The van der Waals surface area contributed by atoms with E-state index in [2.05, 4.69) is 27.6 Å². The summed E-state index contributed by atoms with van der Waals surface area (Å²) in [6, 6.07) is 17.4. The standard InChI is InChI=1S/C20H19N3O3/c1-13-22-23-19(26-13)12-25-16-9-7-15(8-10-16)21-20(24)18-11-17(18)14-5-3-2-4-6-14/h2-10,17-18H,11-12H2,1H3,(H,21,24)/t17-,18-/m1/s1. The Labute approximate surface area is 151 Å². The Morgan fingerprint density at radius 2 is 1.92 bits per heavy atom. The highest BCUT2D eigenvalue weighted by Gasteiger charge is 2.43. The fourth-order valence-electron chi connectivity index (χ4n) is 2.96. The average Bonchev–Trinajstić information content (AvgIpc) is 3.37. The van der Waals surface area contributed by atoms with Gasteiger partial charge in [-0.1, -0.05) is 30.3 Å². The molecule has 0 spiro atoms. The fourth-order valence-corrected chi connectivity index (χ4v) is 2.96. The van der Waals surface area contributed by atoms with Gasteiger partial charge in [-0.05, 0) is 42.2 Å². The summed E-state index contributed by atoms with van der Waals surface area (Å²) < 4.78 is 10.8. The molecule has 2 atom stereocenters. The third-order valence-electron chi connectivity index (χ3n) is 4.41. The Morgan fingerprint density at radius 3 is 2.62 bits per heavy atom. The first kappa shape index (κ1) is 16.3. The Morgan fingerprint density at radius 1 is 1.15 bits per heavy atom. The number of aryl methyl sites for hydroxylation is 1. The van der Waals surface area contributed by atoms with Gasteiger partial charge in [0.1, 0.15) is 5.75 Å². The van der Waals surface area contributed by atoms with Crippen LogP contribution in [0.1, 0.15) is 29.7 Å². The normalized spacial score (nSPS) is 18.3. The second-order valence-corrected chi connectivity index (χ2v) is 6.38. The second-order valence-electron chi connectivity index (χ2n) is 6.38. The third-order valence-corrected chi connectivity index (χ3v) is 4.41. The molecule has 26 heavy (non-hydrogen) atoms. The lowest BCUT2D eigenvalue weighted by atomic mass is 10.1. The van der Waals surface area contributed by atoms with Gasteiger partial charge >= 0.3 is 0 Å². The maximum atomic E-state index is 12.4. The maximum Gasteiger partial charge on any atom is 0.253 e. The van der Waals surface area contributed by atoms with Gasteiger partial charge in [0.2, 0.25) is 11.8 Å².